The molecule has 12 nitrogen and oxygen atoms in total. The normalized spacial score (nSPS) is 26.7. The predicted octanol–water partition coefficient (Wildman–Crippen LogP) is 7.70. The molecule has 1 unspecified atom stereocenters. The maximum Gasteiger partial charge on any atom is 0.410 e. The van der Waals surface area contributed by atoms with E-state index in [0.29, 0.717) is 49.9 Å². The number of hydrogen-bond donors (Lipinski definition) is 2. The Morgan fingerprint density at radius 2 is 1.79 bits per heavy atom. The summed E-state index contributed by atoms with van der Waals surface area (Å²) < 4.78 is 37.8. The molecule has 2 aromatic carbocycles. The third kappa shape index (κ3) is 10.3. The van der Waals surface area contributed by atoms with Gasteiger partial charge in [0.25, 0.3) is 0 Å². The van der Waals surface area contributed by atoms with E-state index in [2.05, 4.69) is 25.3 Å². The molecular formula is C46H62N2O10. The van der Waals surface area contributed by atoms with Crippen molar-refractivity contribution < 1.29 is 48.3 Å². The van der Waals surface area contributed by atoms with Gasteiger partial charge in [0.05, 0.1) is 38.1 Å². The molecule has 2 aromatic rings. The summed E-state index contributed by atoms with van der Waals surface area (Å²) in [6.07, 6.45) is 12.4. The van der Waals surface area contributed by atoms with Crippen molar-refractivity contribution in [3.63, 3.8) is 0 Å². The second-order valence-corrected chi connectivity index (χ2v) is 15.5. The molecule has 0 radical (unpaired) electrons. The highest BCUT2D eigenvalue weighted by Gasteiger charge is 2.65. The van der Waals surface area contributed by atoms with E-state index in [-0.39, 0.29) is 57.2 Å². The number of aliphatic hydroxyl groups excluding tert-OH is 2. The number of rotatable bonds is 22. The van der Waals surface area contributed by atoms with Crippen molar-refractivity contribution in [2.45, 2.75) is 94.9 Å². The van der Waals surface area contributed by atoms with Crippen LogP contribution in [0.2, 0.25) is 0 Å². The van der Waals surface area contributed by atoms with Crippen molar-refractivity contribution in [1.82, 2.24) is 4.90 Å². The molecule has 0 spiro atoms. The second-order valence-electron chi connectivity index (χ2n) is 15.5. The molecule has 7 atom stereocenters. The number of ether oxygens (including phenoxy) is 6. The molecule has 0 bridgehead atoms. The number of benzene rings is 2. The number of oxime groups is 1. The van der Waals surface area contributed by atoms with Gasteiger partial charge >= 0.3 is 6.09 Å². The first-order valence-electron chi connectivity index (χ1n) is 21.0. The average molecular weight is 803 g/mol. The highest BCUT2D eigenvalue weighted by Crippen LogP contribution is 2.61. The van der Waals surface area contributed by atoms with E-state index in [9.17, 15) is 15.0 Å². The van der Waals surface area contributed by atoms with Gasteiger partial charge in [0.15, 0.2) is 0 Å². The molecule has 1 saturated carbocycles. The smallest absolute Gasteiger partial charge is 0.410 e. The highest BCUT2D eigenvalue weighted by atomic mass is 16.8. The SMILES string of the molecule is C=CCOc1ccc2c(c1)[C@H]1[C@H](CCCCO)[C@@H](CCCCO)C=C3C(=NOC4CCCCO4)C[C@H](N(C)C(=O)OCCOCc4ccccc4)[C@@](OCC=C)(O2)[C@H]31. The topological polar surface area (TPSA) is 138 Å². The highest BCUT2D eigenvalue weighted by molar-refractivity contribution is 6.02. The monoisotopic (exact) mass is 802 g/mol. The van der Waals surface area contributed by atoms with Crippen LogP contribution in [0.1, 0.15) is 81.3 Å². The number of amides is 1. The van der Waals surface area contributed by atoms with Crippen LogP contribution in [-0.4, -0.2) is 98.3 Å². The minimum Gasteiger partial charge on any atom is -0.490 e. The summed E-state index contributed by atoms with van der Waals surface area (Å²) in [6, 6.07) is 15.0. The zero-order valence-electron chi connectivity index (χ0n) is 34.0. The first kappa shape index (κ1) is 43.4. The lowest BCUT2D eigenvalue weighted by molar-refractivity contribution is -0.254. The van der Waals surface area contributed by atoms with Gasteiger partial charge in [-0.15, -0.1) is 6.58 Å². The number of carbonyl (C=O) groups is 1. The Morgan fingerprint density at radius 1 is 1.00 bits per heavy atom. The van der Waals surface area contributed by atoms with Crippen LogP contribution in [0.25, 0.3) is 0 Å². The molecule has 12 heteroatoms. The fourth-order valence-electron chi connectivity index (χ4n) is 9.07. The van der Waals surface area contributed by atoms with E-state index in [1.165, 1.54) is 0 Å². The molecule has 6 rings (SSSR count). The Morgan fingerprint density at radius 3 is 2.53 bits per heavy atom. The van der Waals surface area contributed by atoms with Crippen LogP contribution in [0, 0.1) is 17.8 Å². The molecule has 2 aliphatic carbocycles. The number of nitrogens with zero attached hydrogens (tertiary/aromatic N) is 2. The predicted molar refractivity (Wildman–Crippen MR) is 221 cm³/mol. The Balaban J connectivity index is 1.43. The van der Waals surface area contributed by atoms with Crippen molar-refractivity contribution in [3.8, 4) is 11.5 Å². The van der Waals surface area contributed by atoms with Gasteiger partial charge in [-0.3, -0.25) is 0 Å². The molecule has 2 aliphatic heterocycles. The van der Waals surface area contributed by atoms with Gasteiger partial charge in [0, 0.05) is 44.6 Å². The zero-order chi connectivity index (χ0) is 40.7. The van der Waals surface area contributed by atoms with Gasteiger partial charge in [-0.1, -0.05) is 73.1 Å². The fourth-order valence-corrected chi connectivity index (χ4v) is 9.07. The van der Waals surface area contributed by atoms with E-state index in [1.54, 1.807) is 24.1 Å². The second kappa shape index (κ2) is 21.7. The molecule has 2 heterocycles. The number of hydrogen-bond acceptors (Lipinski definition) is 11. The van der Waals surface area contributed by atoms with Crippen molar-refractivity contribution in [1.29, 1.82) is 0 Å². The minimum absolute atomic E-state index is 0.0587. The molecule has 0 aromatic heterocycles. The summed E-state index contributed by atoms with van der Waals surface area (Å²) in [7, 11) is 1.72. The number of fused-ring (bicyclic) bond motifs is 2. The first-order chi connectivity index (χ1) is 28.4. The first-order valence-corrected chi connectivity index (χ1v) is 21.0. The average Bonchev–Trinajstić information content (AvgIpc) is 3.25. The lowest BCUT2D eigenvalue weighted by Gasteiger charge is -2.59. The Bertz CT molecular complexity index is 1690. The van der Waals surface area contributed by atoms with Gasteiger partial charge in [-0.05, 0) is 79.7 Å². The van der Waals surface area contributed by atoms with E-state index in [4.69, 9.17) is 38.4 Å². The number of unbranched alkanes of at least 4 members (excludes halogenated alkanes) is 2. The largest absolute Gasteiger partial charge is 0.490 e. The Kier molecular flexibility index (Phi) is 16.2. The fraction of sp³-hybridized carbons (Fsp3) is 0.565. The van der Waals surface area contributed by atoms with E-state index in [0.717, 1.165) is 61.6 Å². The van der Waals surface area contributed by atoms with Crippen LogP contribution < -0.4 is 9.47 Å². The molecule has 2 N–H and O–H groups in total. The van der Waals surface area contributed by atoms with E-state index < -0.39 is 30.1 Å². The quantitative estimate of drug-likeness (QED) is 0.0693. The molecule has 1 amide bonds. The minimum atomic E-state index is -1.38. The van der Waals surface area contributed by atoms with Gasteiger partial charge in [0.1, 0.15) is 30.8 Å². The third-order valence-electron chi connectivity index (χ3n) is 11.8. The summed E-state index contributed by atoms with van der Waals surface area (Å²) in [5, 5.41) is 24.6. The van der Waals surface area contributed by atoms with Crippen molar-refractivity contribution in [2.75, 3.05) is 53.3 Å². The number of carbonyl (C=O) groups excluding carboxylic acids is 1. The standard InChI is InChI=1S/C46H62N2O10/c1-4-24-53-35-20-21-40-38(30-35)43-36(18-10-13-23-50)34(17-9-12-22-49)29-37-39(47-58-42-19-11-14-26-54-42)31-41(46(57-40,44(37)43)56-25-5-2)48(3)45(51)55-28-27-52-32-33-15-7-6-8-16-33/h4-8,15-16,20-21,29-30,34,36,41-44,49-50H,1-2,9-14,17-19,22-28,31-32H2,3H3/t34-,36+,41-,42?,43+,44+,46+/m0/s1. The summed E-state index contributed by atoms with van der Waals surface area (Å²) in [4.78, 5) is 21.8. The van der Waals surface area contributed by atoms with Crippen LogP contribution in [0.3, 0.4) is 0 Å². The molecular weight excluding hydrogens is 741 g/mol. The van der Waals surface area contributed by atoms with E-state index in [1.807, 2.05) is 42.5 Å². The summed E-state index contributed by atoms with van der Waals surface area (Å²) in [5.41, 5.74) is 3.67. The van der Waals surface area contributed by atoms with Crippen molar-refractivity contribution in [2.24, 2.45) is 22.9 Å². The van der Waals surface area contributed by atoms with Crippen molar-refractivity contribution >= 4 is 11.8 Å². The lowest BCUT2D eigenvalue weighted by atomic mass is 9.55. The summed E-state index contributed by atoms with van der Waals surface area (Å²) in [6.45, 7) is 9.87. The van der Waals surface area contributed by atoms with Gasteiger partial charge in [-0.2, -0.15) is 0 Å². The van der Waals surface area contributed by atoms with Crippen molar-refractivity contribution in [3.05, 3.63) is 96.6 Å². The number of likely N-dealkylation sites (N-methyl/N-ethyl adjacent to an activating group) is 1. The van der Waals surface area contributed by atoms with Crippen LogP contribution in [-0.2, 0) is 30.4 Å². The summed E-state index contributed by atoms with van der Waals surface area (Å²) >= 11 is 0. The van der Waals surface area contributed by atoms with Crippen LogP contribution in [0.15, 0.2) is 90.6 Å². The maximum absolute atomic E-state index is 14.1. The molecule has 1 saturated heterocycles. The maximum atomic E-state index is 14.1. The number of allylic oxidation sites excluding steroid dienone is 1. The van der Waals surface area contributed by atoms with Gasteiger partial charge in [-0.25, -0.2) is 4.79 Å². The molecule has 4 aliphatic rings. The molecule has 2 fully saturated rings. The van der Waals surface area contributed by atoms with Crippen LogP contribution >= 0.6 is 0 Å². The third-order valence-corrected chi connectivity index (χ3v) is 11.8. The number of aliphatic hydroxyl groups is 2. The van der Waals surface area contributed by atoms with Crippen LogP contribution in [0.4, 0.5) is 4.79 Å². The zero-order valence-corrected chi connectivity index (χ0v) is 34.0. The van der Waals surface area contributed by atoms with Gasteiger partial charge in [0.2, 0.25) is 12.1 Å². The molecule has 58 heavy (non-hydrogen) atoms. The van der Waals surface area contributed by atoms with E-state index >= 15 is 0 Å². The van der Waals surface area contributed by atoms with Gasteiger partial charge < -0.3 is 48.4 Å². The Labute approximate surface area is 343 Å². The molecule has 316 valence electrons. The lowest BCUT2D eigenvalue weighted by Crippen LogP contribution is -2.69. The summed E-state index contributed by atoms with van der Waals surface area (Å²) in [5.74, 6) is -0.470. The Hall–Kier alpha value is -4.20. The van der Waals surface area contributed by atoms with Crippen LogP contribution in [0.5, 0.6) is 11.5 Å².